The summed E-state index contributed by atoms with van der Waals surface area (Å²) in [5.74, 6) is -1.96. The fraction of sp³-hybridized carbons (Fsp3) is 0.316. The number of aryl methyl sites for hydroxylation is 1. The van der Waals surface area contributed by atoms with Crippen LogP contribution in [-0.4, -0.2) is 41.6 Å². The molecule has 0 atom stereocenters. The molecule has 156 valence electrons. The van der Waals surface area contributed by atoms with Crippen molar-refractivity contribution in [2.24, 2.45) is 0 Å². The number of nitrogens with zero attached hydrogens (tertiary/aromatic N) is 1. The van der Waals surface area contributed by atoms with Crippen LogP contribution in [0.2, 0.25) is 0 Å². The van der Waals surface area contributed by atoms with Crippen molar-refractivity contribution in [2.75, 3.05) is 13.2 Å². The van der Waals surface area contributed by atoms with Gasteiger partial charge in [-0.1, -0.05) is 22.0 Å². The average molecular weight is 475 g/mol. The second-order valence-corrected chi connectivity index (χ2v) is 7.18. The number of alkyl halides is 3. The summed E-state index contributed by atoms with van der Waals surface area (Å²) in [5.41, 5.74) is 0.803. The Hall–Kier alpha value is -2.62. The Morgan fingerprint density at radius 2 is 1.86 bits per heavy atom. The fourth-order valence-electron chi connectivity index (χ4n) is 2.67. The zero-order chi connectivity index (χ0) is 21.8. The van der Waals surface area contributed by atoms with Crippen molar-refractivity contribution >= 4 is 33.6 Å². The first-order chi connectivity index (χ1) is 13.5. The Morgan fingerprint density at radius 1 is 1.17 bits per heavy atom. The molecule has 0 aliphatic rings. The lowest BCUT2D eigenvalue weighted by atomic mass is 10.1. The molecule has 0 fully saturated rings. The van der Waals surface area contributed by atoms with Gasteiger partial charge in [-0.05, 0) is 38.1 Å². The molecule has 1 aromatic carbocycles. The van der Waals surface area contributed by atoms with Crippen LogP contribution in [0.3, 0.4) is 0 Å². The van der Waals surface area contributed by atoms with Crippen LogP contribution in [0.4, 0.5) is 13.2 Å². The quantitative estimate of drug-likeness (QED) is 0.491. The van der Waals surface area contributed by atoms with Crippen molar-refractivity contribution in [1.29, 1.82) is 0 Å². The number of esters is 1. The van der Waals surface area contributed by atoms with Gasteiger partial charge in [-0.15, -0.1) is 0 Å². The van der Waals surface area contributed by atoms with E-state index in [1.54, 1.807) is 24.3 Å². The number of ketones is 1. The van der Waals surface area contributed by atoms with E-state index in [1.807, 2.05) is 0 Å². The van der Waals surface area contributed by atoms with Gasteiger partial charge in [0, 0.05) is 27.0 Å². The maximum absolute atomic E-state index is 12.6. The first-order valence-electron chi connectivity index (χ1n) is 8.44. The van der Waals surface area contributed by atoms with Crippen LogP contribution in [0.15, 0.2) is 34.8 Å². The zero-order valence-electron chi connectivity index (χ0n) is 15.6. The number of carbonyl (C=O) groups is 3. The molecule has 10 heteroatoms. The molecule has 1 amide bonds. The lowest BCUT2D eigenvalue weighted by Crippen LogP contribution is -2.31. The van der Waals surface area contributed by atoms with Gasteiger partial charge >= 0.3 is 12.1 Å². The van der Waals surface area contributed by atoms with Crippen LogP contribution in [-0.2, 0) is 16.1 Å². The smallest absolute Gasteiger partial charge is 0.406 e. The molecule has 2 rings (SSSR count). The van der Waals surface area contributed by atoms with E-state index in [2.05, 4.69) is 21.2 Å². The maximum atomic E-state index is 12.6. The number of aromatic nitrogens is 1. The highest BCUT2D eigenvalue weighted by atomic mass is 79.9. The molecule has 1 N–H and O–H groups in total. The minimum atomic E-state index is -4.42. The molecule has 6 nitrogen and oxygen atoms in total. The first-order valence-corrected chi connectivity index (χ1v) is 9.23. The van der Waals surface area contributed by atoms with Gasteiger partial charge in [-0.2, -0.15) is 13.2 Å². The summed E-state index contributed by atoms with van der Waals surface area (Å²) in [5, 5.41) is 2.37. The average Bonchev–Trinajstić information content (AvgIpc) is 2.91. The number of amides is 1. The maximum Gasteiger partial charge on any atom is 0.406 e. The number of ether oxygens (including phenoxy) is 1. The van der Waals surface area contributed by atoms with Crippen molar-refractivity contribution in [3.8, 4) is 0 Å². The van der Waals surface area contributed by atoms with Crippen LogP contribution >= 0.6 is 15.9 Å². The van der Waals surface area contributed by atoms with Gasteiger partial charge in [-0.3, -0.25) is 14.4 Å². The molecular weight excluding hydrogens is 457 g/mol. The molecule has 29 heavy (non-hydrogen) atoms. The van der Waals surface area contributed by atoms with E-state index < -0.39 is 43.5 Å². The summed E-state index contributed by atoms with van der Waals surface area (Å²) in [4.78, 5) is 36.0. The van der Waals surface area contributed by atoms with E-state index in [9.17, 15) is 27.6 Å². The summed E-state index contributed by atoms with van der Waals surface area (Å²) >= 11 is 3.23. The number of halogens is 4. The third-order valence-corrected chi connectivity index (χ3v) is 4.55. The van der Waals surface area contributed by atoms with E-state index in [4.69, 9.17) is 4.74 Å². The van der Waals surface area contributed by atoms with E-state index in [0.29, 0.717) is 10.0 Å². The van der Waals surface area contributed by atoms with Gasteiger partial charge in [0.1, 0.15) is 13.1 Å². The zero-order valence-corrected chi connectivity index (χ0v) is 17.2. The van der Waals surface area contributed by atoms with E-state index >= 15 is 0 Å². The lowest BCUT2D eigenvalue weighted by molar-refractivity contribution is -0.141. The van der Waals surface area contributed by atoms with Crippen LogP contribution in [0.5, 0.6) is 0 Å². The Morgan fingerprint density at radius 3 is 2.48 bits per heavy atom. The largest absolute Gasteiger partial charge is 0.456 e. The van der Waals surface area contributed by atoms with Gasteiger partial charge in [0.05, 0.1) is 0 Å². The van der Waals surface area contributed by atoms with E-state index in [0.717, 1.165) is 4.57 Å². The molecule has 0 unspecified atom stereocenters. The predicted octanol–water partition coefficient (Wildman–Crippen LogP) is 3.59. The molecule has 1 aromatic heterocycles. The van der Waals surface area contributed by atoms with Crippen molar-refractivity contribution in [3.63, 3.8) is 0 Å². The van der Waals surface area contributed by atoms with Gasteiger partial charge in [0.2, 0.25) is 5.78 Å². The van der Waals surface area contributed by atoms with Crippen LogP contribution in [0.1, 0.15) is 32.1 Å². The molecule has 0 saturated heterocycles. The van der Waals surface area contributed by atoms with Crippen molar-refractivity contribution in [2.45, 2.75) is 26.6 Å². The number of hydrogen-bond donors (Lipinski definition) is 1. The molecule has 0 bridgehead atoms. The van der Waals surface area contributed by atoms with Gasteiger partial charge in [0.25, 0.3) is 5.91 Å². The van der Waals surface area contributed by atoms with Crippen molar-refractivity contribution in [1.82, 2.24) is 9.88 Å². The minimum absolute atomic E-state index is 0.0534. The fourth-order valence-corrected chi connectivity index (χ4v) is 3.06. The van der Waals surface area contributed by atoms with Crippen molar-refractivity contribution < 1.29 is 32.3 Å². The van der Waals surface area contributed by atoms with Crippen LogP contribution in [0.25, 0.3) is 0 Å². The molecule has 0 radical (unpaired) electrons. The second-order valence-electron chi connectivity index (χ2n) is 6.26. The monoisotopic (exact) mass is 474 g/mol. The van der Waals surface area contributed by atoms with Crippen LogP contribution < -0.4 is 5.32 Å². The standard InChI is InChI=1S/C19H18BrF3N2O4/c1-11-6-15(12(2)25(11)10-19(21,22)23)16(26)9-29-17(27)8-24-18(28)13-4-3-5-14(20)7-13/h3-7H,8-10H2,1-2H3,(H,24,28). The molecule has 0 saturated carbocycles. The van der Waals surface area contributed by atoms with Gasteiger partial charge in [0.15, 0.2) is 6.61 Å². The van der Waals surface area contributed by atoms with Crippen molar-refractivity contribution in [3.05, 3.63) is 57.3 Å². The first kappa shape index (κ1) is 22.7. The SMILES string of the molecule is Cc1cc(C(=O)COC(=O)CNC(=O)c2cccc(Br)c2)c(C)n1CC(F)(F)F. The summed E-state index contributed by atoms with van der Waals surface area (Å²) < 4.78 is 44.4. The molecule has 0 aliphatic carbocycles. The number of benzene rings is 1. The molecule has 0 spiro atoms. The normalized spacial score (nSPS) is 11.2. The molecular formula is C19H18BrF3N2O4. The highest BCUT2D eigenvalue weighted by molar-refractivity contribution is 9.10. The van der Waals surface area contributed by atoms with E-state index in [1.165, 1.54) is 19.9 Å². The Kier molecular flexibility index (Phi) is 7.23. The summed E-state index contributed by atoms with van der Waals surface area (Å²) in [6, 6.07) is 7.85. The summed E-state index contributed by atoms with van der Waals surface area (Å²) in [6.07, 6.45) is -4.42. The lowest BCUT2D eigenvalue weighted by Gasteiger charge is -2.12. The highest BCUT2D eigenvalue weighted by Crippen LogP contribution is 2.23. The van der Waals surface area contributed by atoms with E-state index in [-0.39, 0.29) is 17.0 Å². The Balaban J connectivity index is 1.90. The molecule has 2 aromatic rings. The summed E-state index contributed by atoms with van der Waals surface area (Å²) in [7, 11) is 0. The van der Waals surface area contributed by atoms with Gasteiger partial charge < -0.3 is 14.6 Å². The van der Waals surface area contributed by atoms with Crippen LogP contribution in [0, 0.1) is 13.8 Å². The summed E-state index contributed by atoms with van der Waals surface area (Å²) in [6.45, 7) is 0.554. The minimum Gasteiger partial charge on any atom is -0.456 e. The number of rotatable bonds is 7. The third kappa shape index (κ3) is 6.45. The predicted molar refractivity (Wildman–Crippen MR) is 102 cm³/mol. The highest BCUT2D eigenvalue weighted by Gasteiger charge is 2.30. The number of Topliss-reactive ketones (excluding diaryl/α,β-unsaturated/α-hetero) is 1. The third-order valence-electron chi connectivity index (χ3n) is 4.06. The topological polar surface area (TPSA) is 77.4 Å². The molecule has 0 aliphatic heterocycles. The molecule has 1 heterocycles. The number of nitrogens with one attached hydrogen (secondary N) is 1. The second kappa shape index (κ2) is 9.25. The number of hydrogen-bond acceptors (Lipinski definition) is 4. The number of carbonyl (C=O) groups excluding carboxylic acids is 3. The Bertz CT molecular complexity index is 938. The Labute approximate surface area is 173 Å². The van der Waals surface area contributed by atoms with Gasteiger partial charge in [-0.25, -0.2) is 0 Å².